The first kappa shape index (κ1) is 17.4. The van der Waals surface area contributed by atoms with Crippen LogP contribution >= 0.6 is 0 Å². The molecule has 0 aliphatic rings. The number of likely N-dealkylation sites (N-methyl/N-ethyl adjacent to an activating group) is 1. The van der Waals surface area contributed by atoms with Crippen molar-refractivity contribution < 1.29 is 9.72 Å². The monoisotopic (exact) mass is 324 g/mol. The van der Waals surface area contributed by atoms with Gasteiger partial charge in [0.2, 0.25) is 0 Å². The summed E-state index contributed by atoms with van der Waals surface area (Å²) in [5, 5.41) is 11.0. The second-order valence-electron chi connectivity index (χ2n) is 5.25. The zero-order chi connectivity index (χ0) is 17.5. The van der Waals surface area contributed by atoms with E-state index in [1.165, 1.54) is 12.1 Å². The third-order valence-electron chi connectivity index (χ3n) is 3.76. The summed E-state index contributed by atoms with van der Waals surface area (Å²) in [7, 11) is 0. The number of rotatable bonds is 6. The van der Waals surface area contributed by atoms with Crippen LogP contribution in [0.3, 0.4) is 0 Å². The van der Waals surface area contributed by atoms with Gasteiger partial charge in [-0.25, -0.2) is 0 Å². The Labute approximate surface area is 141 Å². The second-order valence-corrected chi connectivity index (χ2v) is 5.25. The summed E-state index contributed by atoms with van der Waals surface area (Å²) in [6.45, 7) is 5.07. The van der Waals surface area contributed by atoms with E-state index in [-0.39, 0.29) is 11.6 Å². The number of carbonyl (C=O) groups excluding carboxylic acids is 1. The molecular formula is C19H20N2O3. The number of amides is 1. The minimum atomic E-state index is -0.439. The second kappa shape index (κ2) is 8.06. The minimum Gasteiger partial charge on any atom is -0.339 e. The van der Waals surface area contributed by atoms with Crippen LogP contribution in [0.25, 0.3) is 11.6 Å². The fourth-order valence-electron chi connectivity index (χ4n) is 2.46. The average molecular weight is 324 g/mol. The highest BCUT2D eigenvalue weighted by atomic mass is 16.6. The van der Waals surface area contributed by atoms with Gasteiger partial charge in [0, 0.05) is 30.8 Å². The molecule has 5 nitrogen and oxygen atoms in total. The van der Waals surface area contributed by atoms with Crippen LogP contribution in [0.4, 0.5) is 5.69 Å². The molecule has 0 spiro atoms. The lowest BCUT2D eigenvalue weighted by Crippen LogP contribution is -2.31. The summed E-state index contributed by atoms with van der Waals surface area (Å²) in [6.07, 6.45) is 1.71. The highest BCUT2D eigenvalue weighted by Crippen LogP contribution is 2.23. The quantitative estimate of drug-likeness (QED) is 0.349. The first-order valence-corrected chi connectivity index (χ1v) is 7.87. The molecule has 0 aromatic heterocycles. The molecule has 0 aliphatic heterocycles. The molecule has 0 saturated heterocycles. The average Bonchev–Trinajstić information content (AvgIpc) is 2.61. The van der Waals surface area contributed by atoms with Crippen LogP contribution in [-0.4, -0.2) is 28.8 Å². The molecule has 0 saturated carbocycles. The molecule has 0 fully saturated rings. The SMILES string of the molecule is CCN(CC)C(=O)/C(=C/c1cccc([N+](=O)[O-])c1)c1ccccc1. The van der Waals surface area contributed by atoms with Crippen molar-refractivity contribution in [2.75, 3.05) is 13.1 Å². The van der Waals surface area contributed by atoms with Gasteiger partial charge in [-0.2, -0.15) is 0 Å². The highest BCUT2D eigenvalue weighted by Gasteiger charge is 2.17. The van der Waals surface area contributed by atoms with Gasteiger partial charge in [-0.3, -0.25) is 14.9 Å². The number of nitro benzene ring substituents is 1. The molecule has 0 aliphatic carbocycles. The Balaban J connectivity index is 2.52. The summed E-state index contributed by atoms with van der Waals surface area (Å²) in [6, 6.07) is 15.6. The number of hydrogen-bond donors (Lipinski definition) is 0. The van der Waals surface area contributed by atoms with E-state index in [1.807, 2.05) is 44.2 Å². The molecule has 5 heteroatoms. The van der Waals surface area contributed by atoms with Crippen LogP contribution in [0, 0.1) is 10.1 Å². The van der Waals surface area contributed by atoms with E-state index < -0.39 is 4.92 Å². The molecule has 24 heavy (non-hydrogen) atoms. The van der Waals surface area contributed by atoms with Crippen molar-refractivity contribution in [2.24, 2.45) is 0 Å². The van der Waals surface area contributed by atoms with Crippen molar-refractivity contribution in [1.29, 1.82) is 0 Å². The van der Waals surface area contributed by atoms with Gasteiger partial charge in [-0.05, 0) is 31.1 Å². The van der Waals surface area contributed by atoms with E-state index in [1.54, 1.807) is 23.1 Å². The lowest BCUT2D eigenvalue weighted by Gasteiger charge is -2.20. The van der Waals surface area contributed by atoms with Crippen molar-refractivity contribution in [3.8, 4) is 0 Å². The Morgan fingerprint density at radius 1 is 1.08 bits per heavy atom. The van der Waals surface area contributed by atoms with Gasteiger partial charge in [0.1, 0.15) is 0 Å². The summed E-state index contributed by atoms with van der Waals surface area (Å²) < 4.78 is 0. The van der Waals surface area contributed by atoms with E-state index in [0.717, 1.165) is 5.56 Å². The van der Waals surface area contributed by atoms with Crippen molar-refractivity contribution in [2.45, 2.75) is 13.8 Å². The smallest absolute Gasteiger partial charge is 0.270 e. The maximum atomic E-state index is 12.9. The lowest BCUT2D eigenvalue weighted by atomic mass is 10.0. The molecule has 0 radical (unpaired) electrons. The minimum absolute atomic E-state index is 0.00597. The summed E-state index contributed by atoms with van der Waals surface area (Å²) in [5.74, 6) is -0.0855. The standard InChI is InChI=1S/C19H20N2O3/c1-3-20(4-2)19(22)18(16-10-6-5-7-11-16)14-15-9-8-12-17(13-15)21(23)24/h5-14H,3-4H2,1-2H3/b18-14+. The molecule has 0 bridgehead atoms. The van der Waals surface area contributed by atoms with E-state index in [0.29, 0.717) is 24.2 Å². The number of non-ortho nitro benzene ring substituents is 1. The van der Waals surface area contributed by atoms with E-state index in [2.05, 4.69) is 0 Å². The Kier molecular flexibility index (Phi) is 5.84. The number of benzene rings is 2. The zero-order valence-corrected chi connectivity index (χ0v) is 13.8. The topological polar surface area (TPSA) is 63.5 Å². The first-order chi connectivity index (χ1) is 11.6. The van der Waals surface area contributed by atoms with Gasteiger partial charge in [0.25, 0.3) is 11.6 Å². The van der Waals surface area contributed by atoms with Gasteiger partial charge in [-0.1, -0.05) is 42.5 Å². The van der Waals surface area contributed by atoms with E-state index in [9.17, 15) is 14.9 Å². The van der Waals surface area contributed by atoms with Gasteiger partial charge < -0.3 is 4.90 Å². The maximum Gasteiger partial charge on any atom is 0.270 e. The molecule has 0 heterocycles. The summed E-state index contributed by atoms with van der Waals surface area (Å²) in [4.78, 5) is 25.1. The Bertz CT molecular complexity index is 750. The van der Waals surface area contributed by atoms with Crippen molar-refractivity contribution in [1.82, 2.24) is 4.90 Å². The Hall–Kier alpha value is -2.95. The Morgan fingerprint density at radius 2 is 1.75 bits per heavy atom. The number of hydrogen-bond acceptors (Lipinski definition) is 3. The van der Waals surface area contributed by atoms with Crippen LogP contribution in [-0.2, 0) is 4.79 Å². The number of nitrogens with zero attached hydrogens (tertiary/aromatic N) is 2. The zero-order valence-electron chi connectivity index (χ0n) is 13.8. The fraction of sp³-hybridized carbons (Fsp3) is 0.211. The van der Waals surface area contributed by atoms with E-state index in [4.69, 9.17) is 0 Å². The molecule has 2 rings (SSSR count). The molecule has 2 aromatic rings. The third kappa shape index (κ3) is 4.07. The maximum absolute atomic E-state index is 12.9. The van der Waals surface area contributed by atoms with Gasteiger partial charge in [0.05, 0.1) is 4.92 Å². The molecule has 2 aromatic carbocycles. The van der Waals surface area contributed by atoms with Crippen LogP contribution in [0.2, 0.25) is 0 Å². The third-order valence-corrected chi connectivity index (χ3v) is 3.76. The Morgan fingerprint density at radius 3 is 2.33 bits per heavy atom. The summed E-state index contributed by atoms with van der Waals surface area (Å²) >= 11 is 0. The van der Waals surface area contributed by atoms with Crippen LogP contribution in [0.15, 0.2) is 54.6 Å². The predicted molar refractivity (Wildman–Crippen MR) is 95.3 cm³/mol. The fourth-order valence-corrected chi connectivity index (χ4v) is 2.46. The van der Waals surface area contributed by atoms with Crippen molar-refractivity contribution in [3.63, 3.8) is 0 Å². The number of nitro groups is 1. The van der Waals surface area contributed by atoms with Crippen LogP contribution in [0.1, 0.15) is 25.0 Å². The van der Waals surface area contributed by atoms with Crippen molar-refractivity contribution in [3.05, 3.63) is 75.8 Å². The molecule has 124 valence electrons. The highest BCUT2D eigenvalue weighted by molar-refractivity contribution is 6.24. The van der Waals surface area contributed by atoms with E-state index >= 15 is 0 Å². The van der Waals surface area contributed by atoms with Gasteiger partial charge in [0.15, 0.2) is 0 Å². The van der Waals surface area contributed by atoms with Crippen LogP contribution in [0.5, 0.6) is 0 Å². The number of carbonyl (C=O) groups is 1. The normalized spacial score (nSPS) is 11.2. The molecule has 0 atom stereocenters. The van der Waals surface area contributed by atoms with Crippen LogP contribution < -0.4 is 0 Å². The molecular weight excluding hydrogens is 304 g/mol. The van der Waals surface area contributed by atoms with Gasteiger partial charge >= 0.3 is 0 Å². The molecule has 1 amide bonds. The van der Waals surface area contributed by atoms with Gasteiger partial charge in [-0.15, -0.1) is 0 Å². The largest absolute Gasteiger partial charge is 0.339 e. The summed E-state index contributed by atoms with van der Waals surface area (Å²) in [5.41, 5.74) is 1.95. The molecule has 0 unspecified atom stereocenters. The van der Waals surface area contributed by atoms with Crippen molar-refractivity contribution >= 4 is 23.2 Å². The molecule has 0 N–H and O–H groups in total. The predicted octanol–water partition coefficient (Wildman–Crippen LogP) is 4.00. The lowest BCUT2D eigenvalue weighted by molar-refractivity contribution is -0.384. The first-order valence-electron chi connectivity index (χ1n) is 7.87.